The molecule has 2 aromatic carbocycles. The molecule has 3 rings (SSSR count). The first-order valence-electron chi connectivity index (χ1n) is 10.8. The van der Waals surface area contributed by atoms with Gasteiger partial charge in [-0.05, 0) is 61.1 Å². The van der Waals surface area contributed by atoms with Crippen LogP contribution in [-0.2, 0) is 32.0 Å². The molecule has 0 saturated carbocycles. The largest absolute Gasteiger partial charge is 0.455 e. The average molecular weight is 423 g/mol. The van der Waals surface area contributed by atoms with Crippen LogP contribution in [0.2, 0.25) is 0 Å². The Morgan fingerprint density at radius 2 is 1.68 bits per heavy atom. The van der Waals surface area contributed by atoms with Gasteiger partial charge in [-0.25, -0.2) is 0 Å². The van der Waals surface area contributed by atoms with Crippen molar-refractivity contribution in [2.75, 3.05) is 23.4 Å². The van der Waals surface area contributed by atoms with Crippen molar-refractivity contribution in [1.29, 1.82) is 0 Å². The number of ether oxygens (including phenoxy) is 1. The Bertz CT molecular complexity index is 957. The highest BCUT2D eigenvalue weighted by molar-refractivity contribution is 6.00. The van der Waals surface area contributed by atoms with Gasteiger partial charge in [-0.1, -0.05) is 38.1 Å². The zero-order chi connectivity index (χ0) is 22.5. The fourth-order valence-electron chi connectivity index (χ4n) is 4.05. The predicted molar refractivity (Wildman–Crippen MR) is 121 cm³/mol. The number of anilines is 2. The summed E-state index contributed by atoms with van der Waals surface area (Å²) in [5.41, 5.74) is 5.80. The molecule has 1 N–H and O–H groups in total. The standard InChI is InChI=1S/C25H30N2O4/c1-5-18-8-7-9-19(6-2)24(18)26-22(28)15-31-25(30)20-13-23(29)27(14-20)21-11-16(3)10-17(4)12-21/h7-12,20H,5-6,13-15H2,1-4H3,(H,26,28)/t20-/m1/s1. The second-order valence-corrected chi connectivity index (χ2v) is 8.07. The third kappa shape index (κ3) is 5.32. The predicted octanol–water partition coefficient (Wildman–Crippen LogP) is 3.96. The lowest BCUT2D eigenvalue weighted by molar-refractivity contribution is -0.151. The summed E-state index contributed by atoms with van der Waals surface area (Å²) in [5, 5.41) is 2.89. The topological polar surface area (TPSA) is 75.7 Å². The first kappa shape index (κ1) is 22.5. The van der Waals surface area contributed by atoms with Crippen molar-refractivity contribution in [3.05, 3.63) is 58.7 Å². The van der Waals surface area contributed by atoms with E-state index in [1.54, 1.807) is 4.90 Å². The Balaban J connectivity index is 1.59. The van der Waals surface area contributed by atoms with E-state index in [0.29, 0.717) is 0 Å². The van der Waals surface area contributed by atoms with Crippen LogP contribution in [-0.4, -0.2) is 30.9 Å². The molecule has 1 aliphatic heterocycles. The molecule has 0 bridgehead atoms. The van der Waals surface area contributed by atoms with Gasteiger partial charge in [0.05, 0.1) is 5.92 Å². The van der Waals surface area contributed by atoms with Crippen LogP contribution in [0.5, 0.6) is 0 Å². The molecule has 6 nitrogen and oxygen atoms in total. The molecule has 2 amide bonds. The summed E-state index contributed by atoms with van der Waals surface area (Å²) in [6.07, 6.45) is 1.68. The summed E-state index contributed by atoms with van der Waals surface area (Å²) in [6, 6.07) is 11.8. The SMILES string of the molecule is CCc1cccc(CC)c1NC(=O)COC(=O)[C@@H]1CC(=O)N(c2cc(C)cc(C)c2)C1. The van der Waals surface area contributed by atoms with Gasteiger partial charge in [-0.3, -0.25) is 14.4 Å². The minimum atomic E-state index is -0.574. The van der Waals surface area contributed by atoms with E-state index >= 15 is 0 Å². The maximum Gasteiger partial charge on any atom is 0.311 e. The summed E-state index contributed by atoms with van der Waals surface area (Å²) >= 11 is 0. The highest BCUT2D eigenvalue weighted by atomic mass is 16.5. The molecule has 1 saturated heterocycles. The summed E-state index contributed by atoms with van der Waals surface area (Å²) in [5.74, 6) is -1.58. The van der Waals surface area contributed by atoms with Crippen LogP contribution < -0.4 is 10.2 Å². The number of rotatable bonds is 7. The number of benzene rings is 2. The van der Waals surface area contributed by atoms with Crippen molar-refractivity contribution in [2.24, 2.45) is 5.92 Å². The monoisotopic (exact) mass is 422 g/mol. The van der Waals surface area contributed by atoms with Crippen LogP contribution in [0.25, 0.3) is 0 Å². The maximum atomic E-state index is 12.5. The quantitative estimate of drug-likeness (QED) is 0.685. The Morgan fingerprint density at radius 1 is 1.06 bits per heavy atom. The lowest BCUT2D eigenvalue weighted by Crippen LogP contribution is -2.28. The molecule has 6 heteroatoms. The van der Waals surface area contributed by atoms with Crippen LogP contribution in [0.4, 0.5) is 11.4 Å². The van der Waals surface area contributed by atoms with Gasteiger partial charge in [0.2, 0.25) is 5.91 Å². The number of amides is 2. The highest BCUT2D eigenvalue weighted by Gasteiger charge is 2.36. The van der Waals surface area contributed by atoms with Crippen LogP contribution in [0.3, 0.4) is 0 Å². The van der Waals surface area contributed by atoms with Gasteiger partial charge in [-0.2, -0.15) is 0 Å². The van der Waals surface area contributed by atoms with Gasteiger partial charge < -0.3 is 15.0 Å². The Labute approximate surface area is 183 Å². The second-order valence-electron chi connectivity index (χ2n) is 8.07. The minimum Gasteiger partial charge on any atom is -0.455 e. The van der Waals surface area contributed by atoms with E-state index in [9.17, 15) is 14.4 Å². The average Bonchev–Trinajstić information content (AvgIpc) is 3.13. The second kappa shape index (κ2) is 9.77. The molecule has 164 valence electrons. The molecular weight excluding hydrogens is 392 g/mol. The summed E-state index contributed by atoms with van der Waals surface area (Å²) < 4.78 is 5.26. The Morgan fingerprint density at radius 3 is 2.26 bits per heavy atom. The molecule has 0 spiro atoms. The smallest absolute Gasteiger partial charge is 0.311 e. The van der Waals surface area contributed by atoms with Crippen molar-refractivity contribution < 1.29 is 19.1 Å². The number of para-hydroxylation sites is 1. The van der Waals surface area contributed by atoms with E-state index in [1.807, 2.05) is 64.1 Å². The zero-order valence-electron chi connectivity index (χ0n) is 18.7. The Hall–Kier alpha value is -3.15. The summed E-state index contributed by atoms with van der Waals surface area (Å²) in [6.45, 7) is 7.91. The number of carbonyl (C=O) groups is 3. The fourth-order valence-corrected chi connectivity index (χ4v) is 4.05. The number of nitrogens with zero attached hydrogens (tertiary/aromatic N) is 1. The van der Waals surface area contributed by atoms with Gasteiger partial charge in [0, 0.05) is 24.3 Å². The van der Waals surface area contributed by atoms with Crippen molar-refractivity contribution in [1.82, 2.24) is 0 Å². The fraction of sp³-hybridized carbons (Fsp3) is 0.400. The van der Waals surface area contributed by atoms with Crippen molar-refractivity contribution >= 4 is 29.2 Å². The van der Waals surface area contributed by atoms with E-state index in [1.165, 1.54) is 0 Å². The van der Waals surface area contributed by atoms with E-state index in [2.05, 4.69) is 5.32 Å². The van der Waals surface area contributed by atoms with Gasteiger partial charge in [0.1, 0.15) is 0 Å². The number of nitrogens with one attached hydrogen (secondary N) is 1. The third-order valence-electron chi connectivity index (χ3n) is 5.59. The first-order chi connectivity index (χ1) is 14.8. The van der Waals surface area contributed by atoms with Crippen LogP contribution >= 0.6 is 0 Å². The molecule has 0 unspecified atom stereocenters. The van der Waals surface area contributed by atoms with Gasteiger partial charge in [0.25, 0.3) is 5.91 Å². The van der Waals surface area contributed by atoms with E-state index < -0.39 is 11.9 Å². The third-order valence-corrected chi connectivity index (χ3v) is 5.59. The molecule has 1 fully saturated rings. The first-order valence-corrected chi connectivity index (χ1v) is 10.8. The Kier molecular flexibility index (Phi) is 7.10. The number of carbonyl (C=O) groups excluding carboxylic acids is 3. The van der Waals surface area contributed by atoms with Crippen LogP contribution in [0.1, 0.15) is 42.5 Å². The van der Waals surface area contributed by atoms with E-state index in [4.69, 9.17) is 4.74 Å². The molecule has 1 aliphatic rings. The minimum absolute atomic E-state index is 0.0894. The number of hydrogen-bond acceptors (Lipinski definition) is 4. The molecule has 0 radical (unpaired) electrons. The molecular formula is C25H30N2O4. The van der Waals surface area contributed by atoms with Crippen molar-refractivity contribution in [3.8, 4) is 0 Å². The number of esters is 1. The lowest BCUT2D eigenvalue weighted by Gasteiger charge is -2.18. The van der Waals surface area contributed by atoms with Crippen LogP contribution in [0, 0.1) is 19.8 Å². The number of hydrogen-bond donors (Lipinski definition) is 1. The highest BCUT2D eigenvalue weighted by Crippen LogP contribution is 2.28. The van der Waals surface area contributed by atoms with Crippen molar-refractivity contribution in [2.45, 2.75) is 47.0 Å². The molecule has 0 aliphatic carbocycles. The molecule has 1 atom stereocenters. The molecule has 2 aromatic rings. The maximum absolute atomic E-state index is 12.5. The summed E-state index contributed by atoms with van der Waals surface area (Å²) in [7, 11) is 0. The van der Waals surface area contributed by atoms with Gasteiger partial charge in [-0.15, -0.1) is 0 Å². The van der Waals surface area contributed by atoms with Crippen LogP contribution in [0.15, 0.2) is 36.4 Å². The lowest BCUT2D eigenvalue weighted by atomic mass is 10.0. The van der Waals surface area contributed by atoms with Crippen molar-refractivity contribution in [3.63, 3.8) is 0 Å². The number of aryl methyl sites for hydroxylation is 4. The van der Waals surface area contributed by atoms with E-state index in [0.717, 1.165) is 46.5 Å². The van der Waals surface area contributed by atoms with Gasteiger partial charge in [0.15, 0.2) is 6.61 Å². The zero-order valence-corrected chi connectivity index (χ0v) is 18.7. The summed E-state index contributed by atoms with van der Waals surface area (Å²) in [4.78, 5) is 39.0. The molecule has 0 aromatic heterocycles. The van der Waals surface area contributed by atoms with Gasteiger partial charge >= 0.3 is 5.97 Å². The molecule has 31 heavy (non-hydrogen) atoms. The normalized spacial score (nSPS) is 15.8. The molecule has 1 heterocycles. The van der Waals surface area contributed by atoms with E-state index in [-0.39, 0.29) is 31.4 Å².